The molecule has 1 aromatic rings. The monoisotopic (exact) mass is 274 g/mol. The molecule has 0 heterocycles. The van der Waals surface area contributed by atoms with Gasteiger partial charge in [-0.25, -0.2) is 0 Å². The van der Waals surface area contributed by atoms with Crippen LogP contribution >= 0.6 is 0 Å². The molecule has 0 amide bonds. The fourth-order valence-electron chi connectivity index (χ4n) is 2.35. The van der Waals surface area contributed by atoms with Crippen LogP contribution in [0.1, 0.15) is 32.3 Å². The van der Waals surface area contributed by atoms with Crippen molar-refractivity contribution in [3.05, 3.63) is 29.8 Å². The van der Waals surface area contributed by atoms with E-state index in [-0.39, 0.29) is 17.3 Å². The van der Waals surface area contributed by atoms with Gasteiger partial charge in [0, 0.05) is 11.8 Å². The Balaban J connectivity index is 2.13. The van der Waals surface area contributed by atoms with E-state index in [1.54, 1.807) is 0 Å². The van der Waals surface area contributed by atoms with E-state index in [1.807, 2.05) is 13.8 Å². The number of rotatable bonds is 3. The Bertz CT molecular complexity index is 458. The molecule has 0 saturated heterocycles. The van der Waals surface area contributed by atoms with Crippen LogP contribution in [0.4, 0.5) is 13.2 Å². The van der Waals surface area contributed by atoms with Gasteiger partial charge in [0.2, 0.25) is 0 Å². The third-order valence-electron chi connectivity index (χ3n) is 4.14. The van der Waals surface area contributed by atoms with Gasteiger partial charge in [-0.05, 0) is 24.6 Å². The normalized spacial score (nSPS) is 30.8. The average Bonchev–Trinajstić information content (AvgIpc) is 2.36. The summed E-state index contributed by atoms with van der Waals surface area (Å²) in [6, 6.07) is 4.86. The fourth-order valence-corrected chi connectivity index (χ4v) is 2.35. The summed E-state index contributed by atoms with van der Waals surface area (Å²) in [4.78, 5) is 0. The Morgan fingerprint density at radius 3 is 2.63 bits per heavy atom. The highest BCUT2D eigenvalue weighted by atomic mass is 19.4. The molecule has 2 rings (SSSR count). The lowest BCUT2D eigenvalue weighted by Gasteiger charge is -2.50. The average molecular weight is 274 g/mol. The first-order chi connectivity index (χ1) is 8.77. The highest BCUT2D eigenvalue weighted by molar-refractivity contribution is 5.31. The van der Waals surface area contributed by atoms with E-state index in [2.05, 4.69) is 0 Å². The standard InChI is InChI=1S/C14H17F3O2/c1-3-13(2)11(18)8-12(13)19-10-6-4-5-9(7-10)14(15,16)17/h4-7,11-12,18H,3,8H2,1-2H3. The molecule has 5 heteroatoms. The SMILES string of the molecule is CCC1(C)C(O)CC1Oc1cccc(C(F)(F)F)c1. The van der Waals surface area contributed by atoms with Crippen molar-refractivity contribution in [2.75, 3.05) is 0 Å². The minimum atomic E-state index is -4.37. The van der Waals surface area contributed by atoms with E-state index in [4.69, 9.17) is 4.74 Å². The molecule has 106 valence electrons. The number of halogens is 3. The van der Waals surface area contributed by atoms with Gasteiger partial charge in [0.05, 0.1) is 11.7 Å². The van der Waals surface area contributed by atoms with Gasteiger partial charge in [0.15, 0.2) is 0 Å². The Kier molecular flexibility index (Phi) is 3.51. The van der Waals surface area contributed by atoms with Gasteiger partial charge in [0.25, 0.3) is 0 Å². The van der Waals surface area contributed by atoms with Crippen LogP contribution in [0.15, 0.2) is 24.3 Å². The first kappa shape index (κ1) is 14.2. The van der Waals surface area contributed by atoms with E-state index >= 15 is 0 Å². The lowest BCUT2D eigenvalue weighted by Crippen LogP contribution is -2.57. The Morgan fingerprint density at radius 1 is 1.42 bits per heavy atom. The largest absolute Gasteiger partial charge is 0.490 e. The van der Waals surface area contributed by atoms with Gasteiger partial charge >= 0.3 is 6.18 Å². The third kappa shape index (κ3) is 2.56. The molecule has 1 N–H and O–H groups in total. The van der Waals surface area contributed by atoms with Gasteiger partial charge < -0.3 is 9.84 Å². The minimum Gasteiger partial charge on any atom is -0.490 e. The minimum absolute atomic E-state index is 0.200. The van der Waals surface area contributed by atoms with E-state index < -0.39 is 17.8 Å². The predicted octanol–water partition coefficient (Wildman–Crippen LogP) is 3.63. The fraction of sp³-hybridized carbons (Fsp3) is 0.571. The lowest BCUT2D eigenvalue weighted by molar-refractivity contribution is -0.148. The van der Waals surface area contributed by atoms with Crippen LogP contribution in [0.5, 0.6) is 5.75 Å². The topological polar surface area (TPSA) is 29.5 Å². The first-order valence-electron chi connectivity index (χ1n) is 6.29. The maximum Gasteiger partial charge on any atom is 0.416 e. The number of alkyl halides is 3. The van der Waals surface area contributed by atoms with E-state index in [9.17, 15) is 18.3 Å². The van der Waals surface area contributed by atoms with Crippen LogP contribution in [0.25, 0.3) is 0 Å². The van der Waals surface area contributed by atoms with Crippen LogP contribution < -0.4 is 4.74 Å². The van der Waals surface area contributed by atoms with E-state index in [0.717, 1.165) is 18.6 Å². The zero-order chi connectivity index (χ0) is 14.3. The van der Waals surface area contributed by atoms with Crippen LogP contribution in [0.2, 0.25) is 0 Å². The molecule has 3 unspecified atom stereocenters. The molecule has 1 aromatic carbocycles. The molecule has 0 bridgehead atoms. The summed E-state index contributed by atoms with van der Waals surface area (Å²) in [5, 5.41) is 9.74. The Morgan fingerprint density at radius 2 is 2.11 bits per heavy atom. The van der Waals surface area contributed by atoms with Crippen molar-refractivity contribution in [3.63, 3.8) is 0 Å². The number of aliphatic hydroxyl groups excluding tert-OH is 1. The molecule has 0 spiro atoms. The number of aliphatic hydroxyl groups is 1. The van der Waals surface area contributed by atoms with Gasteiger partial charge in [0.1, 0.15) is 11.9 Å². The zero-order valence-corrected chi connectivity index (χ0v) is 10.9. The van der Waals surface area contributed by atoms with E-state index in [1.165, 1.54) is 12.1 Å². The summed E-state index contributed by atoms with van der Waals surface area (Å²) in [5.41, 5.74) is -1.10. The van der Waals surface area contributed by atoms with Crippen molar-refractivity contribution in [2.45, 2.75) is 45.1 Å². The third-order valence-corrected chi connectivity index (χ3v) is 4.14. The van der Waals surface area contributed by atoms with Gasteiger partial charge in [-0.2, -0.15) is 13.2 Å². The molecule has 0 radical (unpaired) electrons. The highest BCUT2D eigenvalue weighted by Crippen LogP contribution is 2.46. The maximum atomic E-state index is 12.6. The van der Waals surface area contributed by atoms with Crippen LogP contribution in [0.3, 0.4) is 0 Å². The van der Waals surface area contributed by atoms with Crippen molar-refractivity contribution in [3.8, 4) is 5.75 Å². The summed E-state index contributed by atoms with van der Waals surface area (Å²) >= 11 is 0. The first-order valence-corrected chi connectivity index (χ1v) is 6.29. The second-order valence-electron chi connectivity index (χ2n) is 5.24. The van der Waals surface area contributed by atoms with Crippen LogP contribution in [-0.2, 0) is 6.18 Å². The number of hydrogen-bond donors (Lipinski definition) is 1. The molecular formula is C14H17F3O2. The summed E-state index contributed by atoms with van der Waals surface area (Å²) in [5.74, 6) is 0.200. The molecule has 1 aliphatic carbocycles. The molecule has 1 saturated carbocycles. The molecule has 0 aromatic heterocycles. The molecular weight excluding hydrogens is 257 g/mol. The van der Waals surface area contributed by atoms with Crippen molar-refractivity contribution < 1.29 is 23.0 Å². The molecule has 0 aliphatic heterocycles. The van der Waals surface area contributed by atoms with Crippen molar-refractivity contribution in [1.29, 1.82) is 0 Å². The summed E-state index contributed by atoms with van der Waals surface area (Å²) < 4.78 is 43.4. The number of ether oxygens (including phenoxy) is 1. The second kappa shape index (κ2) is 4.71. The maximum absolute atomic E-state index is 12.6. The van der Waals surface area contributed by atoms with Crippen molar-refractivity contribution in [2.24, 2.45) is 5.41 Å². The van der Waals surface area contributed by atoms with Gasteiger partial charge in [-0.15, -0.1) is 0 Å². The quantitative estimate of drug-likeness (QED) is 0.912. The summed E-state index contributed by atoms with van der Waals surface area (Å²) in [7, 11) is 0. The van der Waals surface area contributed by atoms with Crippen LogP contribution in [-0.4, -0.2) is 17.3 Å². The summed E-state index contributed by atoms with van der Waals surface area (Å²) in [6.07, 6.45) is -3.88. The van der Waals surface area contributed by atoms with Crippen LogP contribution in [0, 0.1) is 5.41 Å². The van der Waals surface area contributed by atoms with Gasteiger partial charge in [-0.3, -0.25) is 0 Å². The van der Waals surface area contributed by atoms with Crippen molar-refractivity contribution in [1.82, 2.24) is 0 Å². The zero-order valence-electron chi connectivity index (χ0n) is 10.9. The number of hydrogen-bond acceptors (Lipinski definition) is 2. The molecule has 2 nitrogen and oxygen atoms in total. The lowest BCUT2D eigenvalue weighted by atomic mass is 9.63. The summed E-state index contributed by atoms with van der Waals surface area (Å²) in [6.45, 7) is 3.82. The van der Waals surface area contributed by atoms with Gasteiger partial charge in [-0.1, -0.05) is 19.9 Å². The number of benzene rings is 1. The highest BCUT2D eigenvalue weighted by Gasteiger charge is 2.51. The second-order valence-corrected chi connectivity index (χ2v) is 5.24. The molecule has 3 atom stereocenters. The predicted molar refractivity (Wildman–Crippen MR) is 64.9 cm³/mol. The molecule has 1 aliphatic rings. The molecule has 19 heavy (non-hydrogen) atoms. The Labute approximate surface area is 110 Å². The molecule has 1 fully saturated rings. The van der Waals surface area contributed by atoms with E-state index in [0.29, 0.717) is 6.42 Å². The van der Waals surface area contributed by atoms with Crippen molar-refractivity contribution >= 4 is 0 Å². The smallest absolute Gasteiger partial charge is 0.416 e. The Hall–Kier alpha value is -1.23.